The average Bonchev–Trinajstić information content (AvgIpc) is 3.24. The third-order valence-corrected chi connectivity index (χ3v) is 6.94. The van der Waals surface area contributed by atoms with E-state index in [0.29, 0.717) is 23.7 Å². The number of aryl methyl sites for hydroxylation is 3. The summed E-state index contributed by atoms with van der Waals surface area (Å²) in [4.78, 5) is 39.6. The number of nitrogens with zero attached hydrogens (tertiary/aromatic N) is 2. The van der Waals surface area contributed by atoms with Crippen molar-refractivity contribution in [3.05, 3.63) is 100 Å². The van der Waals surface area contributed by atoms with E-state index in [4.69, 9.17) is 16.3 Å². The van der Waals surface area contributed by atoms with E-state index in [2.05, 4.69) is 9.88 Å². The van der Waals surface area contributed by atoms with Crippen LogP contribution in [-0.2, 0) is 16.1 Å². The summed E-state index contributed by atoms with van der Waals surface area (Å²) < 4.78 is 8.02. The highest BCUT2D eigenvalue weighted by Gasteiger charge is 2.37. The van der Waals surface area contributed by atoms with Gasteiger partial charge in [0.1, 0.15) is 11.3 Å². The van der Waals surface area contributed by atoms with Crippen LogP contribution < -0.4 is 15.0 Å². The largest absolute Gasteiger partial charge is 0.493 e. The Morgan fingerprint density at radius 3 is 2.50 bits per heavy atom. The molecule has 2 heterocycles. The van der Waals surface area contributed by atoms with Crippen LogP contribution in [0.3, 0.4) is 0 Å². The van der Waals surface area contributed by atoms with E-state index < -0.39 is 17.8 Å². The molecule has 192 valence electrons. The summed E-state index contributed by atoms with van der Waals surface area (Å²) in [6.45, 7) is 5.07. The molecular formula is C30H26ClN3O4. The minimum atomic E-state index is -0.812. The van der Waals surface area contributed by atoms with Crippen molar-refractivity contribution < 1.29 is 19.1 Å². The predicted octanol–water partition coefficient (Wildman–Crippen LogP) is 6.05. The molecule has 5 rings (SSSR count). The molecule has 0 atom stereocenters. The van der Waals surface area contributed by atoms with E-state index in [0.717, 1.165) is 39.1 Å². The lowest BCUT2D eigenvalue weighted by Crippen LogP contribution is -2.54. The van der Waals surface area contributed by atoms with E-state index in [-0.39, 0.29) is 11.3 Å². The van der Waals surface area contributed by atoms with Gasteiger partial charge in [-0.05, 0) is 61.7 Å². The molecule has 1 N–H and O–H groups in total. The van der Waals surface area contributed by atoms with Crippen molar-refractivity contribution in [2.75, 3.05) is 11.5 Å². The Kier molecular flexibility index (Phi) is 7.03. The summed E-state index contributed by atoms with van der Waals surface area (Å²) in [5, 5.41) is 3.58. The van der Waals surface area contributed by atoms with Crippen LogP contribution in [0.1, 0.15) is 23.1 Å². The summed E-state index contributed by atoms with van der Waals surface area (Å²) in [7, 11) is 0. The second kappa shape index (κ2) is 10.6. The van der Waals surface area contributed by atoms with Crippen molar-refractivity contribution in [2.24, 2.45) is 0 Å². The number of hydrogen-bond acceptors (Lipinski definition) is 4. The number of aromatic nitrogens is 1. The molecule has 0 spiro atoms. The minimum absolute atomic E-state index is 0.132. The van der Waals surface area contributed by atoms with E-state index in [1.807, 2.05) is 68.6 Å². The minimum Gasteiger partial charge on any atom is -0.493 e. The Labute approximate surface area is 225 Å². The van der Waals surface area contributed by atoms with Gasteiger partial charge in [-0.15, -0.1) is 0 Å². The zero-order chi connectivity index (χ0) is 26.8. The van der Waals surface area contributed by atoms with E-state index in [1.165, 1.54) is 12.1 Å². The standard InChI is InChI=1S/C30H26ClN3O4/c1-19-12-13-22(17-25(19)31)34-29(36)24(28(35)32-30(34)37)16-21-18-33(26-10-5-4-9-23(21)26)14-7-15-38-27-11-6-3-8-20(27)2/h3-6,8-13,16-18H,7,14-15H2,1-2H3,(H,32,35,37). The SMILES string of the molecule is Cc1ccc(N2C(=O)NC(=O)C(=Cc3cn(CCCOc4ccccc4C)c4ccccc34)C2=O)cc1Cl. The normalized spacial score (nSPS) is 14.9. The molecule has 1 aliphatic heterocycles. The number of rotatable bonds is 7. The maximum atomic E-state index is 13.4. The highest BCUT2D eigenvalue weighted by atomic mass is 35.5. The van der Waals surface area contributed by atoms with Crippen LogP contribution in [0.5, 0.6) is 5.75 Å². The van der Waals surface area contributed by atoms with Crippen LogP contribution >= 0.6 is 11.6 Å². The molecule has 0 aliphatic carbocycles. The van der Waals surface area contributed by atoms with Crippen LogP contribution in [0.25, 0.3) is 17.0 Å². The van der Waals surface area contributed by atoms with Crippen molar-refractivity contribution >= 4 is 52.1 Å². The number of para-hydroxylation sites is 2. The van der Waals surface area contributed by atoms with E-state index in [1.54, 1.807) is 12.1 Å². The smallest absolute Gasteiger partial charge is 0.335 e. The Hall–Kier alpha value is -4.36. The van der Waals surface area contributed by atoms with Gasteiger partial charge in [0.25, 0.3) is 11.8 Å². The predicted molar refractivity (Wildman–Crippen MR) is 148 cm³/mol. The Morgan fingerprint density at radius 1 is 0.947 bits per heavy atom. The van der Waals surface area contributed by atoms with Crippen molar-refractivity contribution in [2.45, 2.75) is 26.8 Å². The van der Waals surface area contributed by atoms with Crippen molar-refractivity contribution in [3.8, 4) is 5.75 Å². The molecule has 38 heavy (non-hydrogen) atoms. The topological polar surface area (TPSA) is 80.6 Å². The molecule has 0 saturated carbocycles. The molecule has 1 aliphatic rings. The first-order valence-electron chi connectivity index (χ1n) is 12.3. The maximum Gasteiger partial charge on any atom is 0.335 e. The lowest BCUT2D eigenvalue weighted by atomic mass is 10.1. The van der Waals surface area contributed by atoms with Gasteiger partial charge in [0, 0.05) is 34.2 Å². The van der Waals surface area contributed by atoms with Gasteiger partial charge in [-0.3, -0.25) is 14.9 Å². The van der Waals surface area contributed by atoms with Gasteiger partial charge in [-0.2, -0.15) is 0 Å². The number of nitrogens with one attached hydrogen (secondary N) is 1. The van der Waals surface area contributed by atoms with Crippen LogP contribution in [0.2, 0.25) is 5.02 Å². The fourth-order valence-corrected chi connectivity index (χ4v) is 4.65. The number of fused-ring (bicyclic) bond motifs is 1. The summed E-state index contributed by atoms with van der Waals surface area (Å²) >= 11 is 6.22. The van der Waals surface area contributed by atoms with E-state index >= 15 is 0 Å². The average molecular weight is 528 g/mol. The van der Waals surface area contributed by atoms with Gasteiger partial charge in [0.05, 0.1) is 12.3 Å². The number of ether oxygens (including phenoxy) is 1. The first kappa shape index (κ1) is 25.3. The van der Waals surface area contributed by atoms with E-state index in [9.17, 15) is 14.4 Å². The monoisotopic (exact) mass is 527 g/mol. The number of carbonyl (C=O) groups excluding carboxylic acids is 3. The number of halogens is 1. The summed E-state index contributed by atoms with van der Waals surface area (Å²) in [5.74, 6) is -0.578. The van der Waals surface area contributed by atoms with Crippen molar-refractivity contribution in [1.29, 1.82) is 0 Å². The quantitative estimate of drug-likeness (QED) is 0.180. The number of imide groups is 2. The first-order valence-corrected chi connectivity index (χ1v) is 12.6. The highest BCUT2D eigenvalue weighted by Crippen LogP contribution is 2.29. The Balaban J connectivity index is 1.41. The molecule has 4 aromatic rings. The number of carbonyl (C=O) groups is 3. The lowest BCUT2D eigenvalue weighted by molar-refractivity contribution is -0.122. The van der Waals surface area contributed by atoms with Crippen molar-refractivity contribution in [1.82, 2.24) is 9.88 Å². The third-order valence-electron chi connectivity index (χ3n) is 6.53. The number of anilines is 1. The molecule has 1 aromatic heterocycles. The molecular weight excluding hydrogens is 502 g/mol. The second-order valence-corrected chi connectivity index (χ2v) is 9.56. The molecule has 1 saturated heterocycles. The van der Waals surface area contributed by atoms with Crippen LogP contribution in [0, 0.1) is 13.8 Å². The molecule has 4 amide bonds. The zero-order valence-electron chi connectivity index (χ0n) is 21.0. The molecule has 0 radical (unpaired) electrons. The van der Waals surface area contributed by atoms with Gasteiger partial charge in [-0.1, -0.05) is 54.1 Å². The third kappa shape index (κ3) is 4.93. The molecule has 3 aromatic carbocycles. The van der Waals surface area contributed by atoms with Gasteiger partial charge >= 0.3 is 6.03 Å². The second-order valence-electron chi connectivity index (χ2n) is 9.15. The highest BCUT2D eigenvalue weighted by molar-refractivity contribution is 6.39. The summed E-state index contributed by atoms with van der Waals surface area (Å²) in [5.41, 5.74) is 3.73. The first-order chi connectivity index (χ1) is 18.3. The number of urea groups is 1. The Bertz CT molecular complexity index is 1600. The number of hydrogen-bond donors (Lipinski definition) is 1. The molecule has 8 heteroatoms. The number of benzene rings is 3. The fourth-order valence-electron chi connectivity index (χ4n) is 4.48. The summed E-state index contributed by atoms with van der Waals surface area (Å²) in [6, 6.07) is 19.7. The van der Waals surface area contributed by atoms with Gasteiger partial charge < -0.3 is 9.30 Å². The van der Waals surface area contributed by atoms with Gasteiger partial charge in [0.15, 0.2) is 0 Å². The zero-order valence-corrected chi connectivity index (χ0v) is 21.8. The molecule has 7 nitrogen and oxygen atoms in total. The molecule has 0 unspecified atom stereocenters. The fraction of sp³-hybridized carbons (Fsp3) is 0.167. The Morgan fingerprint density at radius 2 is 1.71 bits per heavy atom. The lowest BCUT2D eigenvalue weighted by Gasteiger charge is -2.26. The van der Waals surface area contributed by atoms with Crippen LogP contribution in [0.15, 0.2) is 78.5 Å². The van der Waals surface area contributed by atoms with Gasteiger partial charge in [0.2, 0.25) is 0 Å². The van der Waals surface area contributed by atoms with Crippen LogP contribution in [0.4, 0.5) is 10.5 Å². The number of barbiturate groups is 1. The van der Waals surface area contributed by atoms with Gasteiger partial charge in [-0.25, -0.2) is 9.69 Å². The molecule has 0 bridgehead atoms. The molecule has 1 fully saturated rings. The van der Waals surface area contributed by atoms with Crippen molar-refractivity contribution in [3.63, 3.8) is 0 Å². The maximum absolute atomic E-state index is 13.4. The number of amides is 4. The van der Waals surface area contributed by atoms with Crippen LogP contribution in [-0.4, -0.2) is 29.0 Å². The summed E-state index contributed by atoms with van der Waals surface area (Å²) in [6.07, 6.45) is 4.21.